The first-order valence-corrected chi connectivity index (χ1v) is 8.82. The Morgan fingerprint density at radius 1 is 1.13 bits per heavy atom. The Morgan fingerprint density at radius 2 is 1.78 bits per heavy atom. The minimum atomic E-state index is -1.59. The molecule has 2 unspecified atom stereocenters. The number of benzene rings is 1. The van der Waals surface area contributed by atoms with E-state index >= 15 is 0 Å². The molecule has 1 aliphatic heterocycles. The first-order valence-electron chi connectivity index (χ1n) is 8.82. The third-order valence-corrected chi connectivity index (χ3v) is 4.57. The molecule has 4 heteroatoms. The second kappa shape index (κ2) is 7.93. The van der Waals surface area contributed by atoms with Gasteiger partial charge in [0.2, 0.25) is 0 Å². The fourth-order valence-corrected chi connectivity index (χ4v) is 3.40. The molecule has 1 amide bonds. The SMILES string of the molecule is CCCCCCCCN1C(=O)C(O)(CC(C)O)c2ccccc21. The molecule has 0 radical (unpaired) electrons. The number of rotatable bonds is 9. The summed E-state index contributed by atoms with van der Waals surface area (Å²) in [4.78, 5) is 14.4. The van der Waals surface area contributed by atoms with Gasteiger partial charge in [-0.25, -0.2) is 0 Å². The molecule has 0 fully saturated rings. The van der Waals surface area contributed by atoms with Crippen LogP contribution in [0.25, 0.3) is 0 Å². The van der Waals surface area contributed by atoms with E-state index in [0.29, 0.717) is 12.1 Å². The third kappa shape index (κ3) is 3.93. The van der Waals surface area contributed by atoms with E-state index in [1.54, 1.807) is 17.9 Å². The molecule has 1 aliphatic rings. The Bertz CT molecular complexity index is 529. The van der Waals surface area contributed by atoms with Crippen LogP contribution in [0.5, 0.6) is 0 Å². The topological polar surface area (TPSA) is 60.8 Å². The first kappa shape index (κ1) is 18.0. The van der Waals surface area contributed by atoms with Gasteiger partial charge in [-0.1, -0.05) is 57.2 Å². The highest BCUT2D eigenvalue weighted by Crippen LogP contribution is 2.42. The lowest BCUT2D eigenvalue weighted by Crippen LogP contribution is -2.42. The largest absolute Gasteiger partial charge is 0.393 e. The zero-order chi connectivity index (χ0) is 16.9. The predicted octanol–water partition coefficient (Wildman–Crippen LogP) is 3.35. The summed E-state index contributed by atoms with van der Waals surface area (Å²) in [6.45, 7) is 4.43. The quantitative estimate of drug-likeness (QED) is 0.686. The highest BCUT2D eigenvalue weighted by molar-refractivity contribution is 6.06. The molecule has 2 rings (SSSR count). The molecule has 2 N–H and O–H groups in total. The predicted molar refractivity (Wildman–Crippen MR) is 92.4 cm³/mol. The van der Waals surface area contributed by atoms with Crippen molar-refractivity contribution in [2.45, 2.75) is 70.5 Å². The number of nitrogens with zero attached hydrogens (tertiary/aromatic N) is 1. The zero-order valence-corrected chi connectivity index (χ0v) is 14.3. The van der Waals surface area contributed by atoms with E-state index in [9.17, 15) is 15.0 Å². The monoisotopic (exact) mass is 319 g/mol. The summed E-state index contributed by atoms with van der Waals surface area (Å²) in [5, 5.41) is 20.5. The lowest BCUT2D eigenvalue weighted by Gasteiger charge is -2.24. The van der Waals surface area contributed by atoms with Crippen molar-refractivity contribution in [3.63, 3.8) is 0 Å². The normalized spacial score (nSPS) is 21.6. The molecule has 0 saturated heterocycles. The van der Waals surface area contributed by atoms with E-state index in [1.165, 1.54) is 25.7 Å². The fraction of sp³-hybridized carbons (Fsp3) is 0.632. The number of aliphatic hydroxyl groups is 2. The lowest BCUT2D eigenvalue weighted by molar-refractivity contribution is -0.139. The van der Waals surface area contributed by atoms with Crippen molar-refractivity contribution in [1.82, 2.24) is 0 Å². The van der Waals surface area contributed by atoms with E-state index in [-0.39, 0.29) is 12.3 Å². The van der Waals surface area contributed by atoms with E-state index < -0.39 is 11.7 Å². The van der Waals surface area contributed by atoms with Crippen molar-refractivity contribution < 1.29 is 15.0 Å². The van der Waals surface area contributed by atoms with Crippen LogP contribution < -0.4 is 4.90 Å². The summed E-state index contributed by atoms with van der Waals surface area (Å²) in [6, 6.07) is 7.38. The molecule has 23 heavy (non-hydrogen) atoms. The van der Waals surface area contributed by atoms with Gasteiger partial charge in [0.15, 0.2) is 5.60 Å². The van der Waals surface area contributed by atoms with Gasteiger partial charge in [0.05, 0.1) is 11.8 Å². The van der Waals surface area contributed by atoms with Crippen LogP contribution in [0.15, 0.2) is 24.3 Å². The van der Waals surface area contributed by atoms with Crippen LogP contribution in [0.3, 0.4) is 0 Å². The van der Waals surface area contributed by atoms with Crippen LogP contribution in [0.2, 0.25) is 0 Å². The van der Waals surface area contributed by atoms with E-state index in [1.807, 2.05) is 18.2 Å². The van der Waals surface area contributed by atoms with E-state index in [2.05, 4.69) is 6.92 Å². The highest BCUT2D eigenvalue weighted by Gasteiger charge is 2.49. The summed E-state index contributed by atoms with van der Waals surface area (Å²) >= 11 is 0. The molecule has 0 bridgehead atoms. The number of carbonyl (C=O) groups is 1. The zero-order valence-electron chi connectivity index (χ0n) is 14.3. The van der Waals surface area contributed by atoms with Crippen LogP contribution in [0.1, 0.15) is 64.4 Å². The number of amides is 1. The van der Waals surface area contributed by atoms with Crippen LogP contribution >= 0.6 is 0 Å². The number of carbonyl (C=O) groups excluding carboxylic acids is 1. The maximum absolute atomic E-state index is 12.8. The standard InChI is InChI=1S/C19H29NO3/c1-3-4-5-6-7-10-13-20-17-12-9-8-11-16(17)19(23,18(20)22)14-15(2)21/h8-9,11-12,15,21,23H,3-7,10,13-14H2,1-2H3. The number of anilines is 1. The van der Waals surface area contributed by atoms with Gasteiger partial charge < -0.3 is 15.1 Å². The van der Waals surface area contributed by atoms with E-state index in [0.717, 1.165) is 18.5 Å². The number of hydrogen-bond donors (Lipinski definition) is 2. The summed E-state index contributed by atoms with van der Waals surface area (Å²) in [6.07, 6.45) is 6.27. The minimum absolute atomic E-state index is 0.0375. The van der Waals surface area contributed by atoms with Gasteiger partial charge in [-0.15, -0.1) is 0 Å². The maximum Gasteiger partial charge on any atom is 0.263 e. The average molecular weight is 319 g/mol. The number of fused-ring (bicyclic) bond motifs is 1. The molecule has 2 atom stereocenters. The van der Waals surface area contributed by atoms with Gasteiger partial charge in [0, 0.05) is 18.5 Å². The molecule has 0 aliphatic carbocycles. The van der Waals surface area contributed by atoms with Crippen LogP contribution in [0.4, 0.5) is 5.69 Å². The summed E-state index contributed by atoms with van der Waals surface area (Å²) in [5.41, 5.74) is -0.182. The van der Waals surface area contributed by atoms with Gasteiger partial charge in [0.1, 0.15) is 0 Å². The Balaban J connectivity index is 2.05. The molecule has 0 saturated carbocycles. The molecule has 1 heterocycles. The average Bonchev–Trinajstić information content (AvgIpc) is 2.72. The molecule has 0 aromatic heterocycles. The molecule has 1 aromatic carbocycles. The van der Waals surface area contributed by atoms with Crippen LogP contribution in [0, 0.1) is 0 Å². The highest BCUT2D eigenvalue weighted by atomic mass is 16.3. The second-order valence-electron chi connectivity index (χ2n) is 6.66. The molecule has 4 nitrogen and oxygen atoms in total. The van der Waals surface area contributed by atoms with Crippen molar-refractivity contribution >= 4 is 11.6 Å². The Labute approximate surface area is 139 Å². The minimum Gasteiger partial charge on any atom is -0.393 e. The van der Waals surface area contributed by atoms with Crippen molar-refractivity contribution in [2.24, 2.45) is 0 Å². The molecular formula is C19H29NO3. The Morgan fingerprint density at radius 3 is 2.48 bits per heavy atom. The van der Waals surface area contributed by atoms with Crippen molar-refractivity contribution in [3.8, 4) is 0 Å². The number of para-hydroxylation sites is 1. The molecule has 0 spiro atoms. The fourth-order valence-electron chi connectivity index (χ4n) is 3.40. The Kier molecular flexibility index (Phi) is 6.19. The van der Waals surface area contributed by atoms with Gasteiger partial charge in [-0.2, -0.15) is 0 Å². The van der Waals surface area contributed by atoms with Gasteiger partial charge in [-0.3, -0.25) is 4.79 Å². The van der Waals surface area contributed by atoms with Crippen molar-refractivity contribution in [3.05, 3.63) is 29.8 Å². The maximum atomic E-state index is 12.8. The van der Waals surface area contributed by atoms with Crippen molar-refractivity contribution in [2.75, 3.05) is 11.4 Å². The number of aliphatic hydroxyl groups excluding tert-OH is 1. The smallest absolute Gasteiger partial charge is 0.263 e. The van der Waals surface area contributed by atoms with Gasteiger partial charge in [0.25, 0.3) is 5.91 Å². The molecule has 128 valence electrons. The molecular weight excluding hydrogens is 290 g/mol. The summed E-state index contributed by atoms with van der Waals surface area (Å²) < 4.78 is 0. The second-order valence-corrected chi connectivity index (χ2v) is 6.66. The summed E-state index contributed by atoms with van der Waals surface area (Å²) in [7, 11) is 0. The summed E-state index contributed by atoms with van der Waals surface area (Å²) in [5.74, 6) is -0.298. The van der Waals surface area contributed by atoms with Crippen LogP contribution in [-0.4, -0.2) is 28.8 Å². The lowest BCUT2D eigenvalue weighted by atomic mass is 9.90. The van der Waals surface area contributed by atoms with Gasteiger partial charge >= 0.3 is 0 Å². The molecule has 1 aromatic rings. The Hall–Kier alpha value is -1.39. The first-order chi connectivity index (χ1) is 11.0. The van der Waals surface area contributed by atoms with E-state index in [4.69, 9.17) is 0 Å². The number of unbranched alkanes of at least 4 members (excludes halogenated alkanes) is 5. The number of hydrogen-bond acceptors (Lipinski definition) is 3. The third-order valence-electron chi connectivity index (χ3n) is 4.57. The van der Waals surface area contributed by atoms with Crippen LogP contribution in [-0.2, 0) is 10.4 Å². The van der Waals surface area contributed by atoms with Gasteiger partial charge in [-0.05, 0) is 19.4 Å². The van der Waals surface area contributed by atoms with Crippen molar-refractivity contribution in [1.29, 1.82) is 0 Å².